The molecule has 0 amide bonds. The number of hydrogen-bond acceptors (Lipinski definition) is 3. The Labute approximate surface area is 187 Å². The van der Waals surface area contributed by atoms with Gasteiger partial charge in [0.25, 0.3) is 0 Å². The van der Waals surface area contributed by atoms with Gasteiger partial charge in [-0.25, -0.2) is 0 Å². The molecule has 0 bridgehead atoms. The molecule has 0 saturated heterocycles. The van der Waals surface area contributed by atoms with E-state index in [1.807, 2.05) is 67.6 Å². The van der Waals surface area contributed by atoms with Crippen LogP contribution < -0.4 is 4.74 Å². The van der Waals surface area contributed by atoms with Gasteiger partial charge >= 0.3 is 0 Å². The lowest BCUT2D eigenvalue weighted by Crippen LogP contribution is -2.46. The number of hydrogen-bond donors (Lipinski definition) is 2. The van der Waals surface area contributed by atoms with Gasteiger partial charge in [0.2, 0.25) is 0 Å². The number of rotatable bonds is 3. The average Bonchev–Trinajstić information content (AvgIpc) is 2.68. The highest BCUT2D eigenvalue weighted by Gasteiger charge is 2.51. The van der Waals surface area contributed by atoms with Crippen molar-refractivity contribution < 1.29 is 14.9 Å². The van der Waals surface area contributed by atoms with Gasteiger partial charge in [0.05, 0.1) is 7.11 Å². The van der Waals surface area contributed by atoms with Crippen molar-refractivity contribution in [2.24, 2.45) is 10.8 Å². The lowest BCUT2D eigenvalue weighted by Gasteiger charge is -2.49. The lowest BCUT2D eigenvalue weighted by molar-refractivity contribution is 0.0497. The fourth-order valence-electron chi connectivity index (χ4n) is 4.48. The molecule has 3 nitrogen and oxygen atoms in total. The van der Waals surface area contributed by atoms with Gasteiger partial charge in [0, 0.05) is 0 Å². The number of aliphatic hydroxyl groups is 2. The van der Waals surface area contributed by atoms with Crippen molar-refractivity contribution >= 4 is 0 Å². The summed E-state index contributed by atoms with van der Waals surface area (Å²) >= 11 is 0. The highest BCUT2D eigenvalue weighted by Crippen LogP contribution is 2.55. The van der Waals surface area contributed by atoms with E-state index >= 15 is 0 Å². The topological polar surface area (TPSA) is 49.7 Å². The summed E-state index contributed by atoms with van der Waals surface area (Å²) in [7, 11) is 1.63. The summed E-state index contributed by atoms with van der Waals surface area (Å²) in [6, 6.07) is 15.5. The SMILES string of the molecule is COc1ccc(C2(O)C=C(C(C)(C)C)C(O)(c3ccc(C)cc3)C(C(C)(C)C)=C2)cc1. The number of benzene rings is 2. The first-order chi connectivity index (χ1) is 14.2. The monoisotopic (exact) mass is 420 g/mol. The van der Waals surface area contributed by atoms with E-state index < -0.39 is 11.2 Å². The van der Waals surface area contributed by atoms with E-state index in [0.717, 1.165) is 33.6 Å². The van der Waals surface area contributed by atoms with Crippen molar-refractivity contribution in [2.75, 3.05) is 7.11 Å². The first-order valence-corrected chi connectivity index (χ1v) is 10.9. The fourth-order valence-corrected chi connectivity index (χ4v) is 4.48. The van der Waals surface area contributed by atoms with Crippen LogP contribution in [0.15, 0.2) is 71.8 Å². The van der Waals surface area contributed by atoms with E-state index in [9.17, 15) is 10.2 Å². The van der Waals surface area contributed by atoms with Crippen LogP contribution in [0.5, 0.6) is 5.75 Å². The minimum Gasteiger partial charge on any atom is -0.497 e. The summed E-state index contributed by atoms with van der Waals surface area (Å²) < 4.78 is 5.29. The smallest absolute Gasteiger partial charge is 0.133 e. The molecule has 1 aliphatic rings. The Morgan fingerprint density at radius 2 is 1.10 bits per heavy atom. The Bertz CT molecular complexity index is 962. The predicted octanol–water partition coefficient (Wildman–Crippen LogP) is 6.04. The maximum Gasteiger partial charge on any atom is 0.133 e. The van der Waals surface area contributed by atoms with E-state index in [-0.39, 0.29) is 10.8 Å². The van der Waals surface area contributed by atoms with Crippen molar-refractivity contribution in [2.45, 2.75) is 59.7 Å². The standard InChI is InChI=1S/C28H36O3/c1-19-9-11-21(12-10-19)28(30)23(25(2,3)4)17-27(29,18-24(28)26(5,6)7)20-13-15-22(31-8)16-14-20/h9-18,29-30H,1-8H3. The van der Waals surface area contributed by atoms with Crippen molar-refractivity contribution in [1.29, 1.82) is 0 Å². The highest BCUT2D eigenvalue weighted by atomic mass is 16.5. The molecule has 2 aromatic carbocycles. The summed E-state index contributed by atoms with van der Waals surface area (Å²) in [6.45, 7) is 14.5. The van der Waals surface area contributed by atoms with Crippen LogP contribution in [-0.2, 0) is 11.2 Å². The Morgan fingerprint density at radius 3 is 1.48 bits per heavy atom. The van der Waals surface area contributed by atoms with Crippen LogP contribution >= 0.6 is 0 Å². The zero-order valence-corrected chi connectivity index (χ0v) is 20.1. The van der Waals surface area contributed by atoms with Crippen molar-refractivity contribution in [1.82, 2.24) is 0 Å². The molecule has 166 valence electrons. The summed E-state index contributed by atoms with van der Waals surface area (Å²) in [5.41, 5.74) is 0.845. The van der Waals surface area contributed by atoms with Crippen LogP contribution in [0.2, 0.25) is 0 Å². The van der Waals surface area contributed by atoms with Gasteiger partial charge in [-0.1, -0.05) is 83.5 Å². The zero-order chi connectivity index (χ0) is 23.2. The second-order valence-corrected chi connectivity index (χ2v) is 10.7. The molecular weight excluding hydrogens is 384 g/mol. The second kappa shape index (κ2) is 7.65. The van der Waals surface area contributed by atoms with Gasteiger partial charge < -0.3 is 14.9 Å². The minimum absolute atomic E-state index is 0.384. The molecule has 0 spiro atoms. The molecule has 0 aromatic heterocycles. The zero-order valence-electron chi connectivity index (χ0n) is 20.1. The van der Waals surface area contributed by atoms with Crippen LogP contribution in [0.1, 0.15) is 58.2 Å². The van der Waals surface area contributed by atoms with Crippen molar-refractivity contribution in [3.8, 4) is 5.75 Å². The summed E-state index contributed by atoms with van der Waals surface area (Å²) in [5, 5.41) is 24.3. The maximum atomic E-state index is 12.4. The largest absolute Gasteiger partial charge is 0.497 e. The fraction of sp³-hybridized carbons (Fsp3) is 0.429. The van der Waals surface area contributed by atoms with Gasteiger partial charge in [-0.2, -0.15) is 0 Å². The summed E-state index contributed by atoms with van der Waals surface area (Å²) in [4.78, 5) is 0. The number of methoxy groups -OCH3 is 1. The Hall–Kier alpha value is -2.36. The van der Waals surface area contributed by atoms with Crippen LogP contribution in [0.3, 0.4) is 0 Å². The molecule has 3 rings (SSSR count). The molecule has 2 N–H and O–H groups in total. The maximum absolute atomic E-state index is 12.4. The predicted molar refractivity (Wildman–Crippen MR) is 127 cm³/mol. The van der Waals surface area contributed by atoms with E-state index in [1.54, 1.807) is 7.11 Å². The summed E-state index contributed by atoms with van der Waals surface area (Å²) in [5.74, 6) is 0.736. The number of ether oxygens (including phenoxy) is 1. The molecule has 0 fully saturated rings. The van der Waals surface area contributed by atoms with Crippen LogP contribution in [0, 0.1) is 17.8 Å². The van der Waals surface area contributed by atoms with E-state index in [4.69, 9.17) is 4.74 Å². The van der Waals surface area contributed by atoms with Gasteiger partial charge in [-0.3, -0.25) is 0 Å². The third-order valence-corrected chi connectivity index (χ3v) is 6.15. The van der Waals surface area contributed by atoms with Gasteiger partial charge in [0.1, 0.15) is 17.0 Å². The molecule has 0 radical (unpaired) electrons. The summed E-state index contributed by atoms with van der Waals surface area (Å²) in [6.07, 6.45) is 3.67. The Balaban J connectivity index is 2.33. The van der Waals surface area contributed by atoms with Crippen LogP contribution in [0.4, 0.5) is 0 Å². The van der Waals surface area contributed by atoms with Gasteiger partial charge in [-0.15, -0.1) is 0 Å². The third kappa shape index (κ3) is 4.22. The second-order valence-electron chi connectivity index (χ2n) is 10.7. The van der Waals surface area contributed by atoms with Gasteiger partial charge in [-0.05, 0) is 64.3 Å². The molecule has 0 aliphatic heterocycles. The van der Waals surface area contributed by atoms with Crippen LogP contribution in [0.25, 0.3) is 0 Å². The Kier molecular flexibility index (Phi) is 5.75. The number of aryl methyl sites for hydroxylation is 1. The third-order valence-electron chi connectivity index (χ3n) is 6.15. The van der Waals surface area contributed by atoms with E-state index in [1.165, 1.54) is 0 Å². The highest BCUT2D eigenvalue weighted by molar-refractivity contribution is 5.55. The Morgan fingerprint density at radius 1 is 0.677 bits per heavy atom. The van der Waals surface area contributed by atoms with Crippen molar-refractivity contribution in [3.05, 3.63) is 88.5 Å². The van der Waals surface area contributed by atoms with E-state index in [0.29, 0.717) is 0 Å². The first-order valence-electron chi connectivity index (χ1n) is 10.9. The lowest BCUT2D eigenvalue weighted by atomic mass is 9.59. The minimum atomic E-state index is -1.34. The molecule has 0 atom stereocenters. The first kappa shape index (κ1) is 23.3. The van der Waals surface area contributed by atoms with E-state index in [2.05, 4.69) is 41.5 Å². The van der Waals surface area contributed by atoms with Crippen LogP contribution in [-0.4, -0.2) is 17.3 Å². The average molecular weight is 421 g/mol. The van der Waals surface area contributed by atoms with Crippen molar-refractivity contribution in [3.63, 3.8) is 0 Å². The molecule has 1 aliphatic carbocycles. The molecule has 3 heteroatoms. The molecule has 0 heterocycles. The van der Waals surface area contributed by atoms with Gasteiger partial charge in [0.15, 0.2) is 0 Å². The molecule has 2 aromatic rings. The molecule has 31 heavy (non-hydrogen) atoms. The molecular formula is C28H36O3. The quantitative estimate of drug-likeness (QED) is 0.595. The molecule has 0 saturated carbocycles. The normalized spacial score (nSPS) is 24.5. The molecule has 0 unspecified atom stereocenters.